The second-order valence-electron chi connectivity index (χ2n) is 5.81. The number of nitrogens with two attached hydrogens (primary N) is 1. The summed E-state index contributed by atoms with van der Waals surface area (Å²) in [6.07, 6.45) is 2.40. The molecule has 1 atom stereocenters. The summed E-state index contributed by atoms with van der Waals surface area (Å²) < 4.78 is 5.81. The summed E-state index contributed by atoms with van der Waals surface area (Å²) in [5.74, 6) is 0.927. The molecule has 0 saturated carbocycles. The molecule has 0 aromatic heterocycles. The molecule has 0 spiro atoms. The first-order chi connectivity index (χ1) is 10.1. The molecule has 1 rings (SSSR count). The molecule has 0 radical (unpaired) electrons. The van der Waals surface area contributed by atoms with E-state index >= 15 is 0 Å². The van der Waals surface area contributed by atoms with Gasteiger partial charge in [-0.1, -0.05) is 25.5 Å². The molecule has 120 valence electrons. The molecule has 0 aliphatic carbocycles. The zero-order valence-electron chi connectivity index (χ0n) is 14.0. The normalized spacial score (nSPS) is 12.9. The highest BCUT2D eigenvalue weighted by Crippen LogP contribution is 2.23. The lowest BCUT2D eigenvalue weighted by Gasteiger charge is -2.27. The molecule has 21 heavy (non-hydrogen) atoms. The van der Waals surface area contributed by atoms with Gasteiger partial charge in [-0.3, -0.25) is 4.90 Å². The predicted molar refractivity (Wildman–Crippen MR) is 89.8 cm³/mol. The monoisotopic (exact) mass is 293 g/mol. The maximum Gasteiger partial charge on any atom is 0.119 e. The van der Waals surface area contributed by atoms with Gasteiger partial charge in [0.2, 0.25) is 0 Å². The number of unbranched alkanes of at least 4 members (excludes halogenated alkanes) is 1. The Labute approximate surface area is 129 Å². The molecular formula is C17H31N3O. The third-order valence-electron chi connectivity index (χ3n) is 3.67. The molecule has 0 fully saturated rings. The smallest absolute Gasteiger partial charge is 0.119 e. The minimum atomic E-state index is 0.258. The Morgan fingerprint density at radius 2 is 1.95 bits per heavy atom. The maximum absolute atomic E-state index is 5.98. The minimum Gasteiger partial charge on any atom is -0.492 e. The van der Waals surface area contributed by atoms with Crippen LogP contribution in [0.5, 0.6) is 5.75 Å². The summed E-state index contributed by atoms with van der Waals surface area (Å²) in [6.45, 7) is 5.53. The van der Waals surface area contributed by atoms with Crippen molar-refractivity contribution in [3.05, 3.63) is 29.8 Å². The molecule has 4 heteroatoms. The molecule has 0 saturated heterocycles. The van der Waals surface area contributed by atoms with Crippen LogP contribution in [-0.4, -0.2) is 57.2 Å². The largest absolute Gasteiger partial charge is 0.492 e. The Morgan fingerprint density at radius 3 is 2.57 bits per heavy atom. The van der Waals surface area contributed by atoms with Crippen LogP contribution in [0.25, 0.3) is 0 Å². The SMILES string of the molecule is CCCCN(C)C(CN)c1cccc(OCCN(C)C)c1. The van der Waals surface area contributed by atoms with Crippen molar-refractivity contribution in [2.24, 2.45) is 5.73 Å². The first-order valence-electron chi connectivity index (χ1n) is 7.86. The van der Waals surface area contributed by atoms with E-state index in [-0.39, 0.29) is 6.04 Å². The van der Waals surface area contributed by atoms with E-state index in [1.54, 1.807) is 0 Å². The van der Waals surface area contributed by atoms with E-state index in [1.807, 2.05) is 20.2 Å². The molecule has 4 nitrogen and oxygen atoms in total. The van der Waals surface area contributed by atoms with Crippen molar-refractivity contribution in [1.82, 2.24) is 9.80 Å². The van der Waals surface area contributed by atoms with E-state index in [0.29, 0.717) is 13.2 Å². The van der Waals surface area contributed by atoms with Crippen molar-refractivity contribution in [1.29, 1.82) is 0 Å². The summed E-state index contributed by atoms with van der Waals surface area (Å²) in [6, 6.07) is 8.58. The summed E-state index contributed by atoms with van der Waals surface area (Å²) in [5, 5.41) is 0. The van der Waals surface area contributed by atoms with Crippen LogP contribution in [-0.2, 0) is 0 Å². The fourth-order valence-electron chi connectivity index (χ4n) is 2.29. The molecule has 0 aliphatic rings. The average Bonchev–Trinajstić information content (AvgIpc) is 2.46. The highest BCUT2D eigenvalue weighted by Gasteiger charge is 2.15. The number of nitrogens with zero attached hydrogens (tertiary/aromatic N) is 2. The summed E-state index contributed by atoms with van der Waals surface area (Å²) in [7, 11) is 6.24. The lowest BCUT2D eigenvalue weighted by molar-refractivity contribution is 0.243. The maximum atomic E-state index is 5.98. The van der Waals surface area contributed by atoms with Gasteiger partial charge >= 0.3 is 0 Å². The first-order valence-corrected chi connectivity index (χ1v) is 7.86. The van der Waals surface area contributed by atoms with Crippen molar-refractivity contribution in [3.8, 4) is 5.75 Å². The van der Waals surface area contributed by atoms with Gasteiger partial charge in [-0.15, -0.1) is 0 Å². The fourth-order valence-corrected chi connectivity index (χ4v) is 2.29. The molecule has 0 amide bonds. The highest BCUT2D eigenvalue weighted by atomic mass is 16.5. The van der Waals surface area contributed by atoms with Crippen LogP contribution in [0.4, 0.5) is 0 Å². The number of rotatable bonds is 10. The second-order valence-corrected chi connectivity index (χ2v) is 5.81. The van der Waals surface area contributed by atoms with Crippen LogP contribution in [0.1, 0.15) is 31.4 Å². The van der Waals surface area contributed by atoms with Crippen molar-refractivity contribution in [2.75, 3.05) is 47.4 Å². The molecular weight excluding hydrogens is 262 g/mol. The molecule has 0 heterocycles. The van der Waals surface area contributed by atoms with Crippen molar-refractivity contribution in [3.63, 3.8) is 0 Å². The Morgan fingerprint density at radius 1 is 1.19 bits per heavy atom. The number of hydrogen-bond donors (Lipinski definition) is 1. The van der Waals surface area contributed by atoms with Gasteiger partial charge in [0, 0.05) is 19.1 Å². The van der Waals surface area contributed by atoms with Gasteiger partial charge in [0.15, 0.2) is 0 Å². The van der Waals surface area contributed by atoms with E-state index in [1.165, 1.54) is 18.4 Å². The van der Waals surface area contributed by atoms with Gasteiger partial charge in [-0.05, 0) is 51.8 Å². The number of hydrogen-bond acceptors (Lipinski definition) is 4. The van der Waals surface area contributed by atoms with E-state index < -0.39 is 0 Å². The third-order valence-corrected chi connectivity index (χ3v) is 3.67. The topological polar surface area (TPSA) is 41.7 Å². The van der Waals surface area contributed by atoms with Crippen LogP contribution in [0, 0.1) is 0 Å². The molecule has 1 unspecified atom stereocenters. The second kappa shape index (κ2) is 9.77. The van der Waals surface area contributed by atoms with Crippen LogP contribution >= 0.6 is 0 Å². The Kier molecular flexibility index (Phi) is 8.35. The van der Waals surface area contributed by atoms with Gasteiger partial charge in [-0.25, -0.2) is 0 Å². The molecule has 0 aliphatic heterocycles. The van der Waals surface area contributed by atoms with Crippen molar-refractivity contribution >= 4 is 0 Å². The first kappa shape index (κ1) is 18.0. The number of ether oxygens (including phenoxy) is 1. The van der Waals surface area contributed by atoms with E-state index in [0.717, 1.165) is 18.8 Å². The molecule has 2 N–H and O–H groups in total. The standard InChI is InChI=1S/C17H31N3O/c1-5-6-10-20(4)17(14-18)15-8-7-9-16(13-15)21-12-11-19(2)3/h7-9,13,17H,5-6,10-12,14,18H2,1-4H3. The predicted octanol–water partition coefficient (Wildman–Crippen LogP) is 2.36. The Balaban J connectivity index is 2.67. The highest BCUT2D eigenvalue weighted by molar-refractivity contribution is 5.30. The van der Waals surface area contributed by atoms with E-state index in [2.05, 4.69) is 42.0 Å². The van der Waals surface area contributed by atoms with Crippen LogP contribution in [0.15, 0.2) is 24.3 Å². The number of benzene rings is 1. The van der Waals surface area contributed by atoms with Gasteiger partial charge < -0.3 is 15.4 Å². The molecule has 1 aromatic rings. The average molecular weight is 293 g/mol. The summed E-state index contributed by atoms with van der Waals surface area (Å²) in [5.41, 5.74) is 7.21. The van der Waals surface area contributed by atoms with Crippen LogP contribution < -0.4 is 10.5 Å². The summed E-state index contributed by atoms with van der Waals surface area (Å²) >= 11 is 0. The van der Waals surface area contributed by atoms with Gasteiger partial charge in [-0.2, -0.15) is 0 Å². The molecule has 1 aromatic carbocycles. The zero-order chi connectivity index (χ0) is 15.7. The minimum absolute atomic E-state index is 0.258. The van der Waals surface area contributed by atoms with Gasteiger partial charge in [0.05, 0.1) is 0 Å². The van der Waals surface area contributed by atoms with E-state index in [4.69, 9.17) is 10.5 Å². The third kappa shape index (κ3) is 6.46. The van der Waals surface area contributed by atoms with E-state index in [9.17, 15) is 0 Å². The quantitative estimate of drug-likeness (QED) is 0.719. The van der Waals surface area contributed by atoms with Crippen LogP contribution in [0.3, 0.4) is 0 Å². The van der Waals surface area contributed by atoms with Gasteiger partial charge in [0.25, 0.3) is 0 Å². The zero-order valence-corrected chi connectivity index (χ0v) is 14.0. The lowest BCUT2D eigenvalue weighted by atomic mass is 10.1. The Bertz CT molecular complexity index is 395. The molecule has 0 bridgehead atoms. The van der Waals surface area contributed by atoms with Crippen molar-refractivity contribution < 1.29 is 4.74 Å². The number of likely N-dealkylation sites (N-methyl/N-ethyl adjacent to an activating group) is 2. The lowest BCUT2D eigenvalue weighted by Crippen LogP contribution is -2.31. The van der Waals surface area contributed by atoms with Gasteiger partial charge in [0.1, 0.15) is 12.4 Å². The van der Waals surface area contributed by atoms with Crippen molar-refractivity contribution in [2.45, 2.75) is 25.8 Å². The summed E-state index contributed by atoms with van der Waals surface area (Å²) in [4.78, 5) is 4.45. The van der Waals surface area contributed by atoms with Crippen LogP contribution in [0.2, 0.25) is 0 Å². The fraction of sp³-hybridized carbons (Fsp3) is 0.647. The Hall–Kier alpha value is -1.10.